The second-order valence-corrected chi connectivity index (χ2v) is 13.9. The Balaban J connectivity index is 1.69. The van der Waals surface area contributed by atoms with Crippen molar-refractivity contribution in [2.24, 2.45) is 11.8 Å². The molecule has 6 nitrogen and oxygen atoms in total. The van der Waals surface area contributed by atoms with E-state index in [0.717, 1.165) is 26.9 Å². The zero-order chi connectivity index (χ0) is 28.3. The molecule has 8 heteroatoms. The number of carbonyl (C=O) groups excluding carboxylic acids is 1. The minimum atomic E-state index is -3.68. The molecule has 0 aliphatic heterocycles. The Bertz CT molecular complexity index is 1530. The van der Waals surface area contributed by atoms with E-state index in [1.165, 1.54) is 11.3 Å². The van der Waals surface area contributed by atoms with Gasteiger partial charge in [0.25, 0.3) is 5.91 Å². The molecule has 4 aromatic rings. The van der Waals surface area contributed by atoms with Gasteiger partial charge in [-0.3, -0.25) is 9.69 Å². The molecule has 0 N–H and O–H groups in total. The minimum Gasteiger partial charge on any atom is -0.279 e. The summed E-state index contributed by atoms with van der Waals surface area (Å²) in [5, 5.41) is 0.615. The number of anilines is 1. The Morgan fingerprint density at radius 3 is 2.10 bits per heavy atom. The van der Waals surface area contributed by atoms with E-state index >= 15 is 0 Å². The Morgan fingerprint density at radius 2 is 1.51 bits per heavy atom. The van der Waals surface area contributed by atoms with Crippen molar-refractivity contribution in [3.63, 3.8) is 0 Å². The SMILES string of the molecule is Cc1cc(C)c2sc(N(Cc3ccccc3)C(=O)c3ccc(S(=O)(=O)N(CC(C)C)CC(C)C)cc3)nc2c1. The molecule has 1 amide bonds. The van der Waals surface area contributed by atoms with E-state index in [4.69, 9.17) is 4.98 Å². The fourth-order valence-corrected chi connectivity index (χ4v) is 7.41. The number of aromatic nitrogens is 1. The quantitative estimate of drug-likeness (QED) is 0.207. The van der Waals surface area contributed by atoms with E-state index in [-0.39, 0.29) is 22.6 Å². The summed E-state index contributed by atoms with van der Waals surface area (Å²) in [6, 6.07) is 20.3. The van der Waals surface area contributed by atoms with Gasteiger partial charge >= 0.3 is 0 Å². The van der Waals surface area contributed by atoms with Crippen molar-refractivity contribution in [3.05, 3.63) is 89.0 Å². The number of fused-ring (bicyclic) bond motifs is 1. The van der Waals surface area contributed by atoms with E-state index in [1.54, 1.807) is 33.5 Å². The predicted octanol–water partition coefficient (Wildman–Crippen LogP) is 7.06. The van der Waals surface area contributed by atoms with Crippen molar-refractivity contribution in [1.82, 2.24) is 9.29 Å². The number of sulfonamides is 1. The third kappa shape index (κ3) is 6.75. The highest BCUT2D eigenvalue weighted by molar-refractivity contribution is 7.89. The second kappa shape index (κ2) is 12.0. The van der Waals surface area contributed by atoms with Gasteiger partial charge in [0, 0.05) is 18.7 Å². The molecule has 0 aliphatic carbocycles. The van der Waals surface area contributed by atoms with Gasteiger partial charge in [-0.05, 0) is 72.7 Å². The van der Waals surface area contributed by atoms with Gasteiger partial charge in [-0.25, -0.2) is 13.4 Å². The molecule has 39 heavy (non-hydrogen) atoms. The average Bonchev–Trinajstić information content (AvgIpc) is 3.31. The molecule has 0 saturated heterocycles. The first-order chi connectivity index (χ1) is 18.5. The van der Waals surface area contributed by atoms with Crippen LogP contribution in [0.4, 0.5) is 5.13 Å². The van der Waals surface area contributed by atoms with Crippen LogP contribution in [0.25, 0.3) is 10.2 Å². The highest BCUT2D eigenvalue weighted by atomic mass is 32.2. The van der Waals surface area contributed by atoms with Crippen LogP contribution in [-0.2, 0) is 16.6 Å². The van der Waals surface area contributed by atoms with Crippen molar-refractivity contribution < 1.29 is 13.2 Å². The van der Waals surface area contributed by atoms with Crippen molar-refractivity contribution in [2.75, 3.05) is 18.0 Å². The first-order valence-electron chi connectivity index (χ1n) is 13.3. The lowest BCUT2D eigenvalue weighted by Crippen LogP contribution is -2.37. The topological polar surface area (TPSA) is 70.6 Å². The van der Waals surface area contributed by atoms with Gasteiger partial charge in [0.2, 0.25) is 10.0 Å². The maximum absolute atomic E-state index is 13.9. The molecule has 0 unspecified atom stereocenters. The molecule has 3 aromatic carbocycles. The van der Waals surface area contributed by atoms with Gasteiger partial charge in [-0.15, -0.1) is 0 Å². The number of aryl methyl sites for hydroxylation is 2. The van der Waals surface area contributed by atoms with Gasteiger partial charge in [-0.1, -0.05) is 75.4 Å². The molecule has 0 aliphatic rings. The van der Waals surface area contributed by atoms with Crippen LogP contribution in [-0.4, -0.2) is 36.7 Å². The number of amides is 1. The van der Waals surface area contributed by atoms with Crippen LogP contribution >= 0.6 is 11.3 Å². The van der Waals surface area contributed by atoms with Crippen molar-refractivity contribution >= 4 is 42.6 Å². The van der Waals surface area contributed by atoms with Crippen LogP contribution < -0.4 is 4.90 Å². The van der Waals surface area contributed by atoms with E-state index in [1.807, 2.05) is 71.0 Å². The summed E-state index contributed by atoms with van der Waals surface area (Å²) in [6.07, 6.45) is 0. The average molecular weight is 564 g/mol. The number of benzene rings is 3. The van der Waals surface area contributed by atoms with Crippen LogP contribution in [0.15, 0.2) is 71.6 Å². The molecule has 4 rings (SSSR count). The molecule has 0 bridgehead atoms. The summed E-state index contributed by atoms with van der Waals surface area (Å²) >= 11 is 1.50. The van der Waals surface area contributed by atoms with E-state index < -0.39 is 10.0 Å². The maximum atomic E-state index is 13.9. The summed E-state index contributed by atoms with van der Waals surface area (Å²) in [6.45, 7) is 13.4. The minimum absolute atomic E-state index is 0.195. The summed E-state index contributed by atoms with van der Waals surface area (Å²) in [4.78, 5) is 20.6. The van der Waals surface area contributed by atoms with Crippen molar-refractivity contribution in [2.45, 2.75) is 53.0 Å². The van der Waals surface area contributed by atoms with Crippen LogP contribution in [0.1, 0.15) is 54.7 Å². The molecule has 0 saturated carbocycles. The Labute approximate surface area is 236 Å². The number of hydrogen-bond acceptors (Lipinski definition) is 5. The van der Waals surface area contributed by atoms with Gasteiger partial charge < -0.3 is 0 Å². The molecule has 1 aromatic heterocycles. The lowest BCUT2D eigenvalue weighted by atomic mass is 10.1. The van der Waals surface area contributed by atoms with E-state index in [9.17, 15) is 13.2 Å². The zero-order valence-corrected chi connectivity index (χ0v) is 25.1. The van der Waals surface area contributed by atoms with E-state index in [0.29, 0.717) is 30.3 Å². The lowest BCUT2D eigenvalue weighted by Gasteiger charge is -2.26. The van der Waals surface area contributed by atoms with Crippen LogP contribution in [0.2, 0.25) is 0 Å². The molecule has 0 atom stereocenters. The van der Waals surface area contributed by atoms with Gasteiger partial charge in [-0.2, -0.15) is 4.31 Å². The molecule has 1 heterocycles. The number of carbonyl (C=O) groups is 1. The van der Waals surface area contributed by atoms with Crippen LogP contribution in [0.5, 0.6) is 0 Å². The predicted molar refractivity (Wildman–Crippen MR) is 161 cm³/mol. The van der Waals surface area contributed by atoms with Crippen molar-refractivity contribution in [1.29, 1.82) is 0 Å². The third-order valence-corrected chi connectivity index (χ3v) is 9.42. The molecule has 0 radical (unpaired) electrons. The normalized spacial score (nSPS) is 12.1. The van der Waals surface area contributed by atoms with Gasteiger partial charge in [0.15, 0.2) is 5.13 Å². The third-order valence-electron chi connectivity index (χ3n) is 6.34. The first kappa shape index (κ1) is 28.9. The summed E-state index contributed by atoms with van der Waals surface area (Å²) in [7, 11) is -3.68. The largest absolute Gasteiger partial charge is 0.279 e. The van der Waals surface area contributed by atoms with Gasteiger partial charge in [0.1, 0.15) is 0 Å². The zero-order valence-electron chi connectivity index (χ0n) is 23.5. The highest BCUT2D eigenvalue weighted by Crippen LogP contribution is 2.34. The number of rotatable bonds is 10. The summed E-state index contributed by atoms with van der Waals surface area (Å²) in [5.41, 5.74) is 4.52. The number of thiazole rings is 1. The van der Waals surface area contributed by atoms with E-state index in [2.05, 4.69) is 13.0 Å². The van der Waals surface area contributed by atoms with Crippen LogP contribution in [0.3, 0.4) is 0 Å². The molecular formula is C31H37N3O3S2. The smallest absolute Gasteiger partial charge is 0.260 e. The second-order valence-electron chi connectivity index (χ2n) is 10.9. The molecule has 206 valence electrons. The fourth-order valence-electron chi connectivity index (χ4n) is 4.63. The Morgan fingerprint density at radius 1 is 0.897 bits per heavy atom. The summed E-state index contributed by atoms with van der Waals surface area (Å²) < 4.78 is 29.5. The number of hydrogen-bond donors (Lipinski definition) is 0. The van der Waals surface area contributed by atoms with Gasteiger partial charge in [0.05, 0.1) is 21.7 Å². The van der Waals surface area contributed by atoms with Crippen molar-refractivity contribution in [3.8, 4) is 0 Å². The first-order valence-corrected chi connectivity index (χ1v) is 15.5. The monoisotopic (exact) mass is 563 g/mol. The summed E-state index contributed by atoms with van der Waals surface area (Å²) in [5.74, 6) is 0.178. The standard InChI is InChI=1S/C31H37N3O3S2/c1-21(2)18-33(19-22(3)4)39(36,37)27-14-12-26(13-15-27)30(35)34(20-25-10-8-7-9-11-25)31-32-28-17-23(5)16-24(6)29(28)38-31/h7-17,21-22H,18-20H2,1-6H3. The number of nitrogens with zero attached hydrogens (tertiary/aromatic N) is 3. The fraction of sp³-hybridized carbons (Fsp3) is 0.355. The highest BCUT2D eigenvalue weighted by Gasteiger charge is 2.27. The maximum Gasteiger partial charge on any atom is 0.260 e. The van der Waals surface area contributed by atoms with Crippen LogP contribution in [0, 0.1) is 25.7 Å². The Kier molecular flexibility index (Phi) is 8.89. The molecule has 0 fully saturated rings. The molecular weight excluding hydrogens is 526 g/mol. The molecule has 0 spiro atoms. The lowest BCUT2D eigenvalue weighted by molar-refractivity contribution is 0.0985. The Hall–Kier alpha value is -3.07.